The number of aromatic nitrogens is 4. The second kappa shape index (κ2) is 8.25. The molecular formula is C20H25F3N6O. The third-order valence-corrected chi connectivity index (χ3v) is 5.60. The first-order valence-corrected chi connectivity index (χ1v) is 10.0. The molecule has 0 spiro atoms. The number of hydrogen-bond donors (Lipinski definition) is 1. The van der Waals surface area contributed by atoms with Crippen molar-refractivity contribution in [3.05, 3.63) is 40.5 Å². The van der Waals surface area contributed by atoms with Crippen molar-refractivity contribution in [1.29, 1.82) is 0 Å². The van der Waals surface area contributed by atoms with Crippen LogP contribution in [-0.4, -0.2) is 39.5 Å². The first kappa shape index (κ1) is 20.6. The van der Waals surface area contributed by atoms with E-state index in [1.807, 2.05) is 4.90 Å². The second-order valence-electron chi connectivity index (χ2n) is 7.70. The number of fused-ring (bicyclic) bond motifs is 2. The van der Waals surface area contributed by atoms with Gasteiger partial charge in [-0.05, 0) is 53.3 Å². The Morgan fingerprint density at radius 2 is 2.17 bits per heavy atom. The number of tetrazole rings is 1. The highest BCUT2D eigenvalue weighted by atomic mass is 19.4. The molecule has 0 bridgehead atoms. The van der Waals surface area contributed by atoms with Crippen molar-refractivity contribution < 1.29 is 17.9 Å². The van der Waals surface area contributed by atoms with Crippen molar-refractivity contribution in [2.24, 2.45) is 7.05 Å². The van der Waals surface area contributed by atoms with E-state index in [0.29, 0.717) is 19.2 Å². The summed E-state index contributed by atoms with van der Waals surface area (Å²) in [6, 6.07) is 2.08. The second-order valence-corrected chi connectivity index (χ2v) is 7.70. The topological polar surface area (TPSA) is 68.1 Å². The van der Waals surface area contributed by atoms with Crippen LogP contribution in [0, 0.1) is 6.92 Å². The van der Waals surface area contributed by atoms with Crippen molar-refractivity contribution >= 4 is 11.6 Å². The number of alkyl halides is 3. The number of rotatable bonds is 5. The third-order valence-electron chi connectivity index (χ3n) is 5.60. The zero-order valence-corrected chi connectivity index (χ0v) is 17.0. The molecule has 0 saturated heterocycles. The average molecular weight is 422 g/mol. The number of anilines is 2. The molecule has 2 aromatic rings. The fourth-order valence-corrected chi connectivity index (χ4v) is 4.18. The van der Waals surface area contributed by atoms with Gasteiger partial charge in [0.2, 0.25) is 0 Å². The van der Waals surface area contributed by atoms with Crippen LogP contribution in [0.4, 0.5) is 24.8 Å². The van der Waals surface area contributed by atoms with E-state index in [1.165, 1.54) is 27.6 Å². The number of nitrogens with zero attached hydrogens (tertiary/aromatic N) is 5. The number of benzene rings is 1. The Hall–Kier alpha value is -2.62. The van der Waals surface area contributed by atoms with Crippen LogP contribution >= 0.6 is 0 Å². The Kier molecular flexibility index (Phi) is 5.68. The van der Waals surface area contributed by atoms with Gasteiger partial charge >= 0.3 is 6.18 Å². The van der Waals surface area contributed by atoms with Crippen LogP contribution in [0.25, 0.3) is 0 Å². The Balaban J connectivity index is 1.71. The molecule has 0 radical (unpaired) electrons. The molecule has 4 rings (SSSR count). The van der Waals surface area contributed by atoms with E-state index in [-0.39, 0.29) is 12.6 Å². The van der Waals surface area contributed by atoms with Crippen molar-refractivity contribution in [2.45, 2.75) is 51.6 Å². The standard InChI is InChI=1S/C20H25F3N6O/c1-13-16-12-30-11-14(16)10-15-17(6-5-8-24-18(13)15)29(19-25-27-28(2)26-19)9-4-3-7-20(21,22)23/h3-4,10,17,24H,5-9,11-12H2,1-2H3/b4-3+. The molecule has 3 heterocycles. The van der Waals surface area contributed by atoms with E-state index in [2.05, 4.69) is 33.7 Å². The molecule has 0 saturated carbocycles. The fourth-order valence-electron chi connectivity index (χ4n) is 4.18. The SMILES string of the molecule is Cc1c2c(cc3c1NCCCC3N(C/C=C/CC(F)(F)F)c1nnn(C)n1)COC2. The quantitative estimate of drug-likeness (QED) is 0.739. The van der Waals surface area contributed by atoms with Crippen LogP contribution < -0.4 is 10.2 Å². The van der Waals surface area contributed by atoms with E-state index in [0.717, 1.165) is 36.7 Å². The van der Waals surface area contributed by atoms with Crippen molar-refractivity contribution in [3.63, 3.8) is 0 Å². The minimum Gasteiger partial charge on any atom is -0.385 e. The van der Waals surface area contributed by atoms with Crippen LogP contribution in [0.15, 0.2) is 18.2 Å². The van der Waals surface area contributed by atoms with Crippen LogP contribution in [0.2, 0.25) is 0 Å². The Morgan fingerprint density at radius 1 is 1.33 bits per heavy atom. The summed E-state index contributed by atoms with van der Waals surface area (Å²) in [4.78, 5) is 3.30. The summed E-state index contributed by atoms with van der Waals surface area (Å²) in [6.45, 7) is 4.37. The smallest absolute Gasteiger partial charge is 0.385 e. The summed E-state index contributed by atoms with van der Waals surface area (Å²) in [7, 11) is 1.67. The first-order valence-electron chi connectivity index (χ1n) is 10.0. The van der Waals surface area contributed by atoms with Crippen LogP contribution in [0.5, 0.6) is 0 Å². The van der Waals surface area contributed by atoms with Crippen LogP contribution in [0.1, 0.15) is 47.6 Å². The maximum absolute atomic E-state index is 12.6. The van der Waals surface area contributed by atoms with Gasteiger partial charge in [0, 0.05) is 18.8 Å². The Bertz CT molecular complexity index is 939. The molecule has 1 N–H and O–H groups in total. The molecule has 0 amide bonds. The molecule has 30 heavy (non-hydrogen) atoms. The largest absolute Gasteiger partial charge is 0.392 e. The lowest BCUT2D eigenvalue weighted by molar-refractivity contribution is -0.125. The molecule has 1 atom stereocenters. The maximum Gasteiger partial charge on any atom is 0.392 e. The molecule has 0 fully saturated rings. The van der Waals surface area contributed by atoms with Crippen molar-refractivity contribution in [1.82, 2.24) is 20.2 Å². The molecule has 1 aromatic heterocycles. The lowest BCUT2D eigenvalue weighted by Gasteiger charge is -2.31. The van der Waals surface area contributed by atoms with E-state index in [4.69, 9.17) is 4.74 Å². The molecule has 2 aliphatic rings. The van der Waals surface area contributed by atoms with Crippen LogP contribution in [-0.2, 0) is 25.0 Å². The van der Waals surface area contributed by atoms with Crippen molar-refractivity contribution in [2.75, 3.05) is 23.3 Å². The first-order chi connectivity index (χ1) is 14.3. The monoisotopic (exact) mass is 422 g/mol. The van der Waals surface area contributed by atoms with Gasteiger partial charge in [-0.3, -0.25) is 0 Å². The van der Waals surface area contributed by atoms with Gasteiger partial charge in [0.15, 0.2) is 0 Å². The molecule has 0 aliphatic carbocycles. The third kappa shape index (κ3) is 4.28. The highest BCUT2D eigenvalue weighted by Crippen LogP contribution is 2.41. The molecule has 162 valence electrons. The molecule has 1 aromatic carbocycles. The minimum absolute atomic E-state index is 0.0839. The average Bonchev–Trinajstić information content (AvgIpc) is 3.27. The number of allylic oxidation sites excluding steroid dienone is 1. The summed E-state index contributed by atoms with van der Waals surface area (Å²) < 4.78 is 43.3. The van der Waals surface area contributed by atoms with Gasteiger partial charge in [0.25, 0.3) is 5.95 Å². The summed E-state index contributed by atoms with van der Waals surface area (Å²) in [5.74, 6) is 0.404. The highest BCUT2D eigenvalue weighted by molar-refractivity contribution is 5.65. The molecular weight excluding hydrogens is 397 g/mol. The lowest BCUT2D eigenvalue weighted by atomic mass is 9.92. The number of hydrogen-bond acceptors (Lipinski definition) is 6. The summed E-state index contributed by atoms with van der Waals surface area (Å²) in [5.41, 5.74) is 5.74. The van der Waals surface area contributed by atoms with Gasteiger partial charge in [0.05, 0.1) is 32.7 Å². The predicted octanol–water partition coefficient (Wildman–Crippen LogP) is 3.81. The number of aryl methyl sites for hydroxylation is 1. The Labute approximate surface area is 172 Å². The van der Waals surface area contributed by atoms with Gasteiger partial charge in [-0.2, -0.15) is 18.0 Å². The van der Waals surface area contributed by atoms with E-state index < -0.39 is 12.6 Å². The molecule has 2 aliphatic heterocycles. The van der Waals surface area contributed by atoms with Gasteiger partial charge in [-0.1, -0.05) is 17.3 Å². The zero-order chi connectivity index (χ0) is 21.3. The molecule has 1 unspecified atom stereocenters. The van der Waals surface area contributed by atoms with E-state index in [1.54, 1.807) is 7.05 Å². The van der Waals surface area contributed by atoms with Crippen molar-refractivity contribution in [3.8, 4) is 0 Å². The molecule has 10 heteroatoms. The highest BCUT2D eigenvalue weighted by Gasteiger charge is 2.31. The summed E-state index contributed by atoms with van der Waals surface area (Å²) in [6.07, 6.45) is -0.746. The zero-order valence-electron chi connectivity index (χ0n) is 17.0. The summed E-state index contributed by atoms with van der Waals surface area (Å²) >= 11 is 0. The Morgan fingerprint density at radius 3 is 2.90 bits per heavy atom. The van der Waals surface area contributed by atoms with Crippen LogP contribution in [0.3, 0.4) is 0 Å². The normalized spacial score (nSPS) is 18.8. The molecule has 7 nitrogen and oxygen atoms in total. The van der Waals surface area contributed by atoms with Gasteiger partial charge in [-0.25, -0.2) is 0 Å². The summed E-state index contributed by atoms with van der Waals surface area (Å²) in [5, 5.41) is 15.9. The van der Waals surface area contributed by atoms with E-state index >= 15 is 0 Å². The number of ether oxygens (including phenoxy) is 1. The van der Waals surface area contributed by atoms with Gasteiger partial charge in [-0.15, -0.1) is 5.10 Å². The predicted molar refractivity (Wildman–Crippen MR) is 106 cm³/mol. The number of nitrogens with one attached hydrogen (secondary N) is 1. The minimum atomic E-state index is -4.22. The number of halogens is 3. The van der Waals surface area contributed by atoms with Gasteiger partial charge < -0.3 is 15.0 Å². The fraction of sp³-hybridized carbons (Fsp3) is 0.550. The maximum atomic E-state index is 12.6. The lowest BCUT2D eigenvalue weighted by Crippen LogP contribution is -2.30. The van der Waals surface area contributed by atoms with E-state index in [9.17, 15) is 13.2 Å². The van der Waals surface area contributed by atoms with Gasteiger partial charge in [0.1, 0.15) is 0 Å².